The van der Waals surface area contributed by atoms with Crippen LogP contribution in [0.15, 0.2) is 23.0 Å². The molecule has 0 saturated carbocycles. The van der Waals surface area contributed by atoms with Crippen LogP contribution in [0.1, 0.15) is 23.3 Å². The molecule has 8 heteroatoms. The molecule has 1 aromatic heterocycles. The highest BCUT2D eigenvalue weighted by Crippen LogP contribution is 2.16. The zero-order chi connectivity index (χ0) is 14.0. The summed E-state index contributed by atoms with van der Waals surface area (Å²) in [6, 6.07) is 4.28. The lowest BCUT2D eigenvalue weighted by molar-refractivity contribution is 0.0720. The van der Waals surface area contributed by atoms with Gasteiger partial charge in [0.25, 0.3) is 5.91 Å². The normalized spacial score (nSPS) is 20.3. The summed E-state index contributed by atoms with van der Waals surface area (Å²) in [6.07, 6.45) is 1.03. The third-order valence-corrected chi connectivity index (χ3v) is 4.44. The Labute approximate surface area is 110 Å². The number of primary sulfonamides is 1. The second-order valence-electron chi connectivity index (χ2n) is 4.53. The topological polar surface area (TPSA) is 113 Å². The molecule has 1 unspecified atom stereocenters. The summed E-state index contributed by atoms with van der Waals surface area (Å²) in [7, 11) is -3.65. The van der Waals surface area contributed by atoms with Crippen molar-refractivity contribution in [1.29, 1.82) is 0 Å². The van der Waals surface area contributed by atoms with Crippen molar-refractivity contribution in [3.63, 3.8) is 0 Å². The van der Waals surface area contributed by atoms with E-state index in [1.165, 1.54) is 23.1 Å². The molecule has 0 spiro atoms. The van der Waals surface area contributed by atoms with Gasteiger partial charge in [-0.05, 0) is 18.9 Å². The Kier molecular flexibility index (Phi) is 3.72. The van der Waals surface area contributed by atoms with Gasteiger partial charge in [0.2, 0.25) is 15.6 Å². The van der Waals surface area contributed by atoms with E-state index < -0.39 is 15.3 Å². The Hall–Kier alpha value is -1.67. The van der Waals surface area contributed by atoms with Gasteiger partial charge in [0, 0.05) is 19.2 Å². The molecule has 1 saturated heterocycles. The number of nitrogens with zero attached hydrogens (tertiary/aromatic N) is 1. The zero-order valence-corrected chi connectivity index (χ0v) is 11.0. The second-order valence-corrected chi connectivity index (χ2v) is 6.38. The summed E-state index contributed by atoms with van der Waals surface area (Å²) < 4.78 is 22.7. The molecular weight excluding hydrogens is 270 g/mol. The van der Waals surface area contributed by atoms with Crippen LogP contribution in [0.2, 0.25) is 0 Å². The first-order valence-electron chi connectivity index (χ1n) is 5.88. The number of carbonyl (C=O) groups excluding carboxylic acids is 1. The van der Waals surface area contributed by atoms with Crippen LogP contribution in [-0.4, -0.2) is 42.5 Å². The molecular formula is C11H15N3O4S. The summed E-state index contributed by atoms with van der Waals surface area (Å²) in [5.41, 5.74) is -0.214. The van der Waals surface area contributed by atoms with Gasteiger partial charge < -0.3 is 9.88 Å². The number of rotatable bonds is 2. The number of hydrogen-bond acceptors (Lipinski definition) is 4. The number of aromatic amines is 1. The predicted octanol–water partition coefficient (Wildman–Crippen LogP) is -0.732. The Balaban J connectivity index is 2.18. The van der Waals surface area contributed by atoms with Crippen LogP contribution in [0.25, 0.3) is 0 Å². The number of nitrogens with two attached hydrogens (primary N) is 1. The van der Waals surface area contributed by atoms with E-state index in [4.69, 9.17) is 5.14 Å². The van der Waals surface area contributed by atoms with E-state index in [0.29, 0.717) is 19.4 Å². The molecule has 0 bridgehead atoms. The van der Waals surface area contributed by atoms with Crippen LogP contribution in [0.4, 0.5) is 0 Å². The van der Waals surface area contributed by atoms with E-state index in [1.807, 2.05) is 0 Å². The summed E-state index contributed by atoms with van der Waals surface area (Å²) in [5.74, 6) is -0.383. The van der Waals surface area contributed by atoms with Gasteiger partial charge in [0.05, 0.1) is 5.25 Å². The first kappa shape index (κ1) is 13.8. The second kappa shape index (κ2) is 5.14. The third-order valence-electron chi connectivity index (χ3n) is 3.13. The summed E-state index contributed by atoms with van der Waals surface area (Å²) in [4.78, 5) is 27.1. The fraction of sp³-hybridized carbons (Fsp3) is 0.455. The van der Waals surface area contributed by atoms with Crippen molar-refractivity contribution in [3.8, 4) is 0 Å². The van der Waals surface area contributed by atoms with Crippen LogP contribution >= 0.6 is 0 Å². The maximum absolute atomic E-state index is 12.1. The maximum atomic E-state index is 12.1. The van der Waals surface area contributed by atoms with E-state index in [1.54, 1.807) is 0 Å². The number of piperidine rings is 1. The molecule has 1 aliphatic heterocycles. The van der Waals surface area contributed by atoms with Gasteiger partial charge in [0.15, 0.2) is 0 Å². The van der Waals surface area contributed by atoms with Gasteiger partial charge in [-0.3, -0.25) is 9.59 Å². The highest BCUT2D eigenvalue weighted by Gasteiger charge is 2.31. The van der Waals surface area contributed by atoms with Gasteiger partial charge in [-0.15, -0.1) is 0 Å². The third kappa shape index (κ3) is 3.21. The van der Waals surface area contributed by atoms with E-state index in [-0.39, 0.29) is 23.7 Å². The van der Waals surface area contributed by atoms with Crippen molar-refractivity contribution < 1.29 is 13.2 Å². The molecule has 19 heavy (non-hydrogen) atoms. The molecule has 2 rings (SSSR count). The number of hydrogen-bond donors (Lipinski definition) is 2. The fourth-order valence-corrected chi connectivity index (χ4v) is 3.02. The van der Waals surface area contributed by atoms with Gasteiger partial charge >= 0.3 is 0 Å². The molecule has 1 atom stereocenters. The van der Waals surface area contributed by atoms with Gasteiger partial charge in [0.1, 0.15) is 5.69 Å². The quantitative estimate of drug-likeness (QED) is 0.745. The largest absolute Gasteiger partial charge is 0.336 e. The number of amides is 1. The van der Waals surface area contributed by atoms with E-state index >= 15 is 0 Å². The number of aromatic nitrogens is 1. The van der Waals surface area contributed by atoms with Crippen LogP contribution in [0.5, 0.6) is 0 Å². The molecule has 0 aliphatic carbocycles. The number of likely N-dealkylation sites (tertiary alicyclic amines) is 1. The number of nitrogens with one attached hydrogen (secondary N) is 1. The van der Waals surface area contributed by atoms with Gasteiger partial charge in [-0.25, -0.2) is 13.6 Å². The van der Waals surface area contributed by atoms with Gasteiger partial charge in [-0.1, -0.05) is 6.07 Å². The van der Waals surface area contributed by atoms with E-state index in [0.717, 1.165) is 0 Å². The number of sulfonamides is 1. The Morgan fingerprint density at radius 3 is 2.79 bits per heavy atom. The lowest BCUT2D eigenvalue weighted by atomic mass is 10.1. The average Bonchev–Trinajstić information content (AvgIpc) is 2.37. The van der Waals surface area contributed by atoms with Crippen molar-refractivity contribution >= 4 is 15.9 Å². The van der Waals surface area contributed by atoms with Crippen LogP contribution in [0.3, 0.4) is 0 Å². The molecule has 3 N–H and O–H groups in total. The first-order valence-corrected chi connectivity index (χ1v) is 7.49. The molecule has 0 aromatic carbocycles. The molecule has 1 amide bonds. The van der Waals surface area contributed by atoms with Crippen LogP contribution < -0.4 is 10.7 Å². The van der Waals surface area contributed by atoms with Crippen molar-refractivity contribution in [1.82, 2.24) is 9.88 Å². The number of H-pyrrole nitrogens is 1. The number of carbonyl (C=O) groups is 1. The standard InChI is InChI=1S/C11H15N3O4S/c12-19(17,18)8-3-2-6-14(7-8)11(16)9-4-1-5-10(15)13-9/h1,4-5,8H,2-3,6-7H2,(H,13,15)(H2,12,17,18). The zero-order valence-electron chi connectivity index (χ0n) is 10.2. The summed E-state index contributed by atoms with van der Waals surface area (Å²) in [6.45, 7) is 0.524. The molecule has 1 aliphatic rings. The SMILES string of the molecule is NS(=O)(=O)C1CCCN(C(=O)c2cccc(=O)[nH]2)C1. The smallest absolute Gasteiger partial charge is 0.270 e. The van der Waals surface area contributed by atoms with Crippen molar-refractivity contribution in [2.45, 2.75) is 18.1 Å². The lowest BCUT2D eigenvalue weighted by Crippen LogP contribution is -2.47. The van der Waals surface area contributed by atoms with Crippen LogP contribution in [0, 0.1) is 0 Å². The summed E-state index contributed by atoms with van der Waals surface area (Å²) in [5, 5.41) is 4.38. The fourth-order valence-electron chi connectivity index (χ4n) is 2.13. The average molecular weight is 285 g/mol. The highest BCUT2D eigenvalue weighted by molar-refractivity contribution is 7.89. The van der Waals surface area contributed by atoms with Crippen molar-refractivity contribution in [2.75, 3.05) is 13.1 Å². The molecule has 7 nitrogen and oxygen atoms in total. The predicted molar refractivity (Wildman–Crippen MR) is 69.1 cm³/mol. The lowest BCUT2D eigenvalue weighted by Gasteiger charge is -2.31. The molecule has 0 radical (unpaired) electrons. The first-order chi connectivity index (χ1) is 8.88. The molecule has 104 valence electrons. The maximum Gasteiger partial charge on any atom is 0.270 e. The minimum atomic E-state index is -3.65. The Morgan fingerprint density at radius 2 is 2.16 bits per heavy atom. The van der Waals surface area contributed by atoms with E-state index in [2.05, 4.69) is 4.98 Å². The number of pyridine rings is 1. The Bertz CT molecular complexity index is 637. The summed E-state index contributed by atoms with van der Waals surface area (Å²) >= 11 is 0. The van der Waals surface area contributed by atoms with Crippen molar-refractivity contribution in [3.05, 3.63) is 34.2 Å². The molecule has 1 aromatic rings. The minimum Gasteiger partial charge on any atom is -0.336 e. The molecule has 1 fully saturated rings. The van der Waals surface area contributed by atoms with Crippen molar-refractivity contribution in [2.24, 2.45) is 5.14 Å². The Morgan fingerprint density at radius 1 is 1.42 bits per heavy atom. The van der Waals surface area contributed by atoms with E-state index in [9.17, 15) is 18.0 Å². The van der Waals surface area contributed by atoms with Gasteiger partial charge in [-0.2, -0.15) is 0 Å². The molecule has 2 heterocycles. The van der Waals surface area contributed by atoms with Crippen LogP contribution in [-0.2, 0) is 10.0 Å². The highest BCUT2D eigenvalue weighted by atomic mass is 32.2. The minimum absolute atomic E-state index is 0.0641. The monoisotopic (exact) mass is 285 g/mol.